The van der Waals surface area contributed by atoms with Crippen LogP contribution in [-0.4, -0.2) is 12.3 Å². The molecule has 0 saturated heterocycles. The Balaban J connectivity index is 2.25. The van der Waals surface area contributed by atoms with Crippen LogP contribution in [0.3, 0.4) is 0 Å². The zero-order valence-corrected chi connectivity index (χ0v) is 7.18. The van der Waals surface area contributed by atoms with Gasteiger partial charge in [-0.25, -0.2) is 0 Å². The molecule has 0 aromatic carbocycles. The summed E-state index contributed by atoms with van der Waals surface area (Å²) in [7, 11) is 0. The Labute approximate surface area is 68.2 Å². The maximum atomic E-state index is 11.1. The Morgan fingerprint density at radius 2 is 2.27 bits per heavy atom. The molecule has 0 bridgehead atoms. The van der Waals surface area contributed by atoms with Crippen molar-refractivity contribution in [3.8, 4) is 0 Å². The standard InChI is InChI=1S/C9H17NO/c1-2-9(11)5-8(6-10)7-3-4-7/h7-8H,2-6,10H2,1H3. The molecular formula is C9H17NO. The number of ketones is 1. The van der Waals surface area contributed by atoms with Crippen molar-refractivity contribution in [2.75, 3.05) is 6.54 Å². The number of carbonyl (C=O) groups excluding carboxylic acids is 1. The average Bonchev–Trinajstić information content (AvgIpc) is 2.82. The summed E-state index contributed by atoms with van der Waals surface area (Å²) < 4.78 is 0. The van der Waals surface area contributed by atoms with Crippen molar-refractivity contribution in [3.05, 3.63) is 0 Å². The van der Waals surface area contributed by atoms with Crippen LogP contribution in [0.15, 0.2) is 0 Å². The fourth-order valence-corrected chi connectivity index (χ4v) is 1.45. The van der Waals surface area contributed by atoms with Crippen LogP contribution in [0.4, 0.5) is 0 Å². The van der Waals surface area contributed by atoms with Gasteiger partial charge in [-0.05, 0) is 31.2 Å². The lowest BCUT2D eigenvalue weighted by Crippen LogP contribution is -2.19. The zero-order valence-electron chi connectivity index (χ0n) is 7.18. The molecule has 1 rings (SSSR count). The zero-order chi connectivity index (χ0) is 8.27. The fourth-order valence-electron chi connectivity index (χ4n) is 1.45. The minimum absolute atomic E-state index is 0.368. The lowest BCUT2D eigenvalue weighted by molar-refractivity contribution is -0.119. The van der Waals surface area contributed by atoms with Gasteiger partial charge in [-0.3, -0.25) is 4.79 Å². The second-order valence-electron chi connectivity index (χ2n) is 3.43. The molecule has 2 heteroatoms. The molecule has 1 unspecified atom stereocenters. The highest BCUT2D eigenvalue weighted by atomic mass is 16.1. The molecule has 0 amide bonds. The Bertz CT molecular complexity index is 140. The van der Waals surface area contributed by atoms with Crippen LogP contribution in [0.5, 0.6) is 0 Å². The molecule has 2 nitrogen and oxygen atoms in total. The fraction of sp³-hybridized carbons (Fsp3) is 0.889. The van der Waals surface area contributed by atoms with Crippen LogP contribution in [0, 0.1) is 11.8 Å². The van der Waals surface area contributed by atoms with Gasteiger partial charge in [0.15, 0.2) is 0 Å². The number of hydrogen-bond acceptors (Lipinski definition) is 2. The largest absolute Gasteiger partial charge is 0.330 e. The van der Waals surface area contributed by atoms with E-state index >= 15 is 0 Å². The minimum Gasteiger partial charge on any atom is -0.330 e. The molecule has 1 aliphatic rings. The van der Waals surface area contributed by atoms with E-state index in [1.54, 1.807) is 0 Å². The van der Waals surface area contributed by atoms with Gasteiger partial charge >= 0.3 is 0 Å². The molecule has 1 atom stereocenters. The first kappa shape index (κ1) is 8.72. The van der Waals surface area contributed by atoms with E-state index in [-0.39, 0.29) is 0 Å². The lowest BCUT2D eigenvalue weighted by atomic mass is 9.96. The van der Waals surface area contributed by atoms with E-state index in [2.05, 4.69) is 0 Å². The van der Waals surface area contributed by atoms with Crippen molar-refractivity contribution in [3.63, 3.8) is 0 Å². The number of Topliss-reactive ketones (excluding diaryl/α,β-unsaturated/α-hetero) is 1. The Hall–Kier alpha value is -0.370. The molecule has 0 aromatic heterocycles. The molecule has 0 radical (unpaired) electrons. The summed E-state index contributed by atoms with van der Waals surface area (Å²) in [5, 5.41) is 0. The smallest absolute Gasteiger partial charge is 0.132 e. The molecular weight excluding hydrogens is 138 g/mol. The van der Waals surface area contributed by atoms with E-state index in [0.29, 0.717) is 24.7 Å². The highest BCUT2D eigenvalue weighted by molar-refractivity contribution is 5.78. The first-order chi connectivity index (χ1) is 5.27. The van der Waals surface area contributed by atoms with Crippen molar-refractivity contribution >= 4 is 5.78 Å². The Kier molecular flexibility index (Phi) is 3.06. The Morgan fingerprint density at radius 3 is 2.64 bits per heavy atom. The topological polar surface area (TPSA) is 43.1 Å². The van der Waals surface area contributed by atoms with Gasteiger partial charge < -0.3 is 5.73 Å². The molecule has 1 fully saturated rings. The summed E-state index contributed by atoms with van der Waals surface area (Å²) in [6, 6.07) is 0. The summed E-state index contributed by atoms with van der Waals surface area (Å²) >= 11 is 0. The maximum Gasteiger partial charge on any atom is 0.132 e. The third-order valence-corrected chi connectivity index (χ3v) is 2.48. The molecule has 0 aliphatic heterocycles. The summed E-state index contributed by atoms with van der Waals surface area (Å²) in [5.74, 6) is 1.63. The van der Waals surface area contributed by atoms with Crippen LogP contribution in [0.1, 0.15) is 32.6 Å². The van der Waals surface area contributed by atoms with Gasteiger partial charge in [0.05, 0.1) is 0 Å². The molecule has 1 saturated carbocycles. The molecule has 0 aromatic rings. The summed E-state index contributed by atoms with van der Waals surface area (Å²) in [4.78, 5) is 11.1. The van der Waals surface area contributed by atoms with Gasteiger partial charge in [-0.1, -0.05) is 6.92 Å². The van der Waals surface area contributed by atoms with E-state index in [1.807, 2.05) is 6.92 Å². The summed E-state index contributed by atoms with van der Waals surface area (Å²) in [5.41, 5.74) is 5.56. The molecule has 2 N–H and O–H groups in total. The van der Waals surface area contributed by atoms with E-state index in [9.17, 15) is 4.79 Å². The normalized spacial score (nSPS) is 19.8. The van der Waals surface area contributed by atoms with Crippen LogP contribution in [-0.2, 0) is 4.79 Å². The van der Waals surface area contributed by atoms with Crippen molar-refractivity contribution in [1.82, 2.24) is 0 Å². The first-order valence-electron chi connectivity index (χ1n) is 4.49. The molecule has 11 heavy (non-hydrogen) atoms. The Morgan fingerprint density at radius 1 is 1.64 bits per heavy atom. The van der Waals surface area contributed by atoms with Gasteiger partial charge in [0, 0.05) is 12.8 Å². The van der Waals surface area contributed by atoms with Crippen LogP contribution >= 0.6 is 0 Å². The minimum atomic E-state index is 0.368. The molecule has 0 heterocycles. The number of carbonyl (C=O) groups is 1. The molecule has 64 valence electrons. The number of rotatable bonds is 5. The summed E-state index contributed by atoms with van der Waals surface area (Å²) in [6.07, 6.45) is 3.97. The van der Waals surface area contributed by atoms with Gasteiger partial charge in [0.2, 0.25) is 0 Å². The van der Waals surface area contributed by atoms with Crippen molar-refractivity contribution in [1.29, 1.82) is 0 Å². The first-order valence-corrected chi connectivity index (χ1v) is 4.49. The molecule has 1 aliphatic carbocycles. The van der Waals surface area contributed by atoms with Gasteiger partial charge in [0.25, 0.3) is 0 Å². The van der Waals surface area contributed by atoms with Crippen molar-refractivity contribution in [2.45, 2.75) is 32.6 Å². The second-order valence-corrected chi connectivity index (χ2v) is 3.43. The van der Waals surface area contributed by atoms with Crippen LogP contribution < -0.4 is 5.73 Å². The third kappa shape index (κ3) is 2.62. The van der Waals surface area contributed by atoms with E-state index in [4.69, 9.17) is 5.73 Å². The van der Waals surface area contributed by atoms with E-state index in [0.717, 1.165) is 12.3 Å². The highest BCUT2D eigenvalue weighted by Crippen LogP contribution is 2.38. The predicted octanol–water partition coefficient (Wildman–Crippen LogP) is 1.34. The van der Waals surface area contributed by atoms with Gasteiger partial charge in [0.1, 0.15) is 5.78 Å². The van der Waals surface area contributed by atoms with E-state index in [1.165, 1.54) is 12.8 Å². The highest BCUT2D eigenvalue weighted by Gasteiger charge is 2.30. The predicted molar refractivity (Wildman–Crippen MR) is 45.2 cm³/mol. The maximum absolute atomic E-state index is 11.1. The number of nitrogens with two attached hydrogens (primary N) is 1. The molecule has 0 spiro atoms. The van der Waals surface area contributed by atoms with Crippen molar-refractivity contribution < 1.29 is 4.79 Å². The summed E-state index contributed by atoms with van der Waals surface area (Å²) in [6.45, 7) is 2.61. The van der Waals surface area contributed by atoms with Crippen LogP contribution in [0.25, 0.3) is 0 Å². The SMILES string of the molecule is CCC(=O)CC(CN)C1CC1. The monoisotopic (exact) mass is 155 g/mol. The average molecular weight is 155 g/mol. The quantitative estimate of drug-likeness (QED) is 0.651. The number of hydrogen-bond donors (Lipinski definition) is 1. The second kappa shape index (κ2) is 3.86. The van der Waals surface area contributed by atoms with E-state index < -0.39 is 0 Å². The van der Waals surface area contributed by atoms with Gasteiger partial charge in [-0.2, -0.15) is 0 Å². The lowest BCUT2D eigenvalue weighted by Gasteiger charge is -2.10. The third-order valence-electron chi connectivity index (χ3n) is 2.48. The van der Waals surface area contributed by atoms with Gasteiger partial charge in [-0.15, -0.1) is 0 Å². The van der Waals surface area contributed by atoms with Crippen LogP contribution in [0.2, 0.25) is 0 Å². The van der Waals surface area contributed by atoms with Crippen molar-refractivity contribution in [2.24, 2.45) is 17.6 Å².